The normalized spacial score (nSPS) is 14.3. The van der Waals surface area contributed by atoms with Crippen molar-refractivity contribution in [2.75, 3.05) is 5.32 Å². The van der Waals surface area contributed by atoms with Gasteiger partial charge in [-0.25, -0.2) is 9.18 Å². The summed E-state index contributed by atoms with van der Waals surface area (Å²) in [4.78, 5) is 15.7. The minimum Gasteiger partial charge on any atom is -0.478 e. The van der Waals surface area contributed by atoms with Crippen LogP contribution in [0.25, 0.3) is 11.3 Å². The zero-order valence-electron chi connectivity index (χ0n) is 17.1. The monoisotopic (exact) mass is 460 g/mol. The van der Waals surface area contributed by atoms with Crippen LogP contribution in [0.2, 0.25) is 0 Å². The van der Waals surface area contributed by atoms with E-state index >= 15 is 0 Å². The van der Waals surface area contributed by atoms with Crippen molar-refractivity contribution in [2.24, 2.45) is 0 Å². The smallest absolute Gasteiger partial charge is 0.335 e. The fourth-order valence-corrected chi connectivity index (χ4v) is 4.18. The van der Waals surface area contributed by atoms with E-state index in [1.54, 1.807) is 30.3 Å². The first kappa shape index (κ1) is 20.9. The highest BCUT2D eigenvalue weighted by Crippen LogP contribution is 2.39. The number of para-hydroxylation sites is 1. The molecule has 33 heavy (non-hydrogen) atoms. The van der Waals surface area contributed by atoms with Crippen LogP contribution in [0.3, 0.4) is 0 Å². The van der Waals surface area contributed by atoms with Gasteiger partial charge in [-0.15, -0.1) is 10.2 Å². The van der Waals surface area contributed by atoms with E-state index in [1.807, 2.05) is 24.3 Å². The SMILES string of the molecule is O=C(O)c1ccc(C2Nc3ccccc3-c3nnc(SCc4ccccc4F)nc3O2)cc1. The molecule has 1 aromatic heterocycles. The second-order valence-corrected chi connectivity index (χ2v) is 8.19. The Hall–Kier alpha value is -3.98. The summed E-state index contributed by atoms with van der Waals surface area (Å²) in [6, 6.07) is 20.5. The largest absolute Gasteiger partial charge is 0.478 e. The van der Waals surface area contributed by atoms with E-state index in [9.17, 15) is 14.3 Å². The van der Waals surface area contributed by atoms with E-state index < -0.39 is 12.2 Å². The Bertz CT molecular complexity index is 1330. The van der Waals surface area contributed by atoms with Crippen LogP contribution in [0.4, 0.5) is 10.1 Å². The van der Waals surface area contributed by atoms with Crippen molar-refractivity contribution in [3.05, 3.63) is 95.3 Å². The van der Waals surface area contributed by atoms with Gasteiger partial charge in [0.2, 0.25) is 11.0 Å². The van der Waals surface area contributed by atoms with Crippen molar-refractivity contribution in [2.45, 2.75) is 17.1 Å². The van der Waals surface area contributed by atoms with Crippen LogP contribution in [0, 0.1) is 5.82 Å². The maximum atomic E-state index is 14.0. The molecule has 1 unspecified atom stereocenters. The highest BCUT2D eigenvalue weighted by Gasteiger charge is 2.26. The first-order chi connectivity index (χ1) is 16.1. The summed E-state index contributed by atoms with van der Waals surface area (Å²) in [6.45, 7) is 0. The molecule has 1 atom stereocenters. The Kier molecular flexibility index (Phi) is 5.62. The predicted molar refractivity (Wildman–Crippen MR) is 122 cm³/mol. The molecule has 164 valence electrons. The number of nitrogens with one attached hydrogen (secondary N) is 1. The number of rotatable bonds is 5. The number of ether oxygens (including phenoxy) is 1. The van der Waals surface area contributed by atoms with E-state index in [4.69, 9.17) is 4.74 Å². The van der Waals surface area contributed by atoms with Crippen molar-refractivity contribution >= 4 is 23.4 Å². The summed E-state index contributed by atoms with van der Waals surface area (Å²) < 4.78 is 20.1. The van der Waals surface area contributed by atoms with Gasteiger partial charge >= 0.3 is 5.97 Å². The van der Waals surface area contributed by atoms with Crippen LogP contribution in [0.5, 0.6) is 5.88 Å². The second-order valence-electron chi connectivity index (χ2n) is 7.24. The van der Waals surface area contributed by atoms with E-state index in [-0.39, 0.29) is 17.3 Å². The molecule has 9 heteroatoms. The van der Waals surface area contributed by atoms with Crippen LogP contribution in [-0.4, -0.2) is 26.3 Å². The van der Waals surface area contributed by atoms with E-state index in [2.05, 4.69) is 20.5 Å². The number of nitrogens with zero attached hydrogens (tertiary/aromatic N) is 3. The van der Waals surface area contributed by atoms with Gasteiger partial charge in [0.1, 0.15) is 5.82 Å². The highest BCUT2D eigenvalue weighted by molar-refractivity contribution is 7.98. The minimum atomic E-state index is -1.000. The fourth-order valence-electron chi connectivity index (χ4n) is 3.42. The van der Waals surface area contributed by atoms with Crippen molar-refractivity contribution < 1.29 is 19.0 Å². The average molecular weight is 460 g/mol. The third-order valence-corrected chi connectivity index (χ3v) is 6.00. The molecule has 0 saturated carbocycles. The summed E-state index contributed by atoms with van der Waals surface area (Å²) in [5, 5.41) is 21.4. The van der Waals surface area contributed by atoms with Crippen LogP contribution in [0.1, 0.15) is 27.7 Å². The molecule has 0 saturated heterocycles. The lowest BCUT2D eigenvalue weighted by Gasteiger charge is -2.19. The number of carboxylic acid groups (broad SMARTS) is 1. The third-order valence-electron chi connectivity index (χ3n) is 5.11. The molecule has 0 spiro atoms. The van der Waals surface area contributed by atoms with Crippen molar-refractivity contribution in [1.82, 2.24) is 15.2 Å². The predicted octanol–water partition coefficient (Wildman–Crippen LogP) is 5.17. The molecule has 1 aliphatic rings. The number of thioether (sulfide) groups is 1. The van der Waals surface area contributed by atoms with E-state index in [0.717, 1.165) is 16.8 Å². The van der Waals surface area contributed by atoms with Gasteiger partial charge in [0.05, 0.1) is 5.56 Å². The van der Waals surface area contributed by atoms with Gasteiger partial charge in [0.15, 0.2) is 11.9 Å². The van der Waals surface area contributed by atoms with Crippen molar-refractivity contribution in [3.63, 3.8) is 0 Å². The molecule has 0 radical (unpaired) electrons. The van der Waals surface area contributed by atoms with Crippen LogP contribution in [-0.2, 0) is 5.75 Å². The Morgan fingerprint density at radius 1 is 1.03 bits per heavy atom. The minimum absolute atomic E-state index is 0.184. The number of fused-ring (bicyclic) bond motifs is 3. The average Bonchev–Trinajstić information content (AvgIpc) is 3.00. The summed E-state index contributed by atoms with van der Waals surface area (Å²) in [6.07, 6.45) is -0.628. The Labute approximate surface area is 192 Å². The molecule has 4 aromatic rings. The zero-order chi connectivity index (χ0) is 22.8. The first-order valence-corrected chi connectivity index (χ1v) is 11.0. The quantitative estimate of drug-likeness (QED) is 0.394. The number of aromatic nitrogens is 3. The number of carbonyl (C=O) groups is 1. The van der Waals surface area contributed by atoms with Crippen LogP contribution >= 0.6 is 11.8 Å². The molecule has 0 fully saturated rings. The van der Waals surface area contributed by atoms with E-state index in [0.29, 0.717) is 22.2 Å². The molecule has 2 heterocycles. The van der Waals surface area contributed by atoms with Crippen LogP contribution < -0.4 is 10.1 Å². The topological polar surface area (TPSA) is 97.2 Å². The number of hydrogen-bond acceptors (Lipinski definition) is 7. The number of carboxylic acids is 1. The maximum Gasteiger partial charge on any atom is 0.335 e. The number of hydrogen-bond donors (Lipinski definition) is 2. The van der Waals surface area contributed by atoms with Crippen molar-refractivity contribution in [1.29, 1.82) is 0 Å². The summed E-state index contributed by atoms with van der Waals surface area (Å²) in [7, 11) is 0. The number of anilines is 1. The molecule has 2 N–H and O–H groups in total. The summed E-state index contributed by atoms with van der Waals surface area (Å²) >= 11 is 1.26. The standard InChI is InChI=1S/C24H17FN4O3S/c25-18-7-3-1-5-16(18)13-33-24-27-22-20(28-29-24)17-6-2-4-8-19(17)26-21(32-22)14-9-11-15(12-10-14)23(30)31/h1-12,21,26H,13H2,(H,30,31). The van der Waals surface area contributed by atoms with Gasteiger partial charge in [-0.2, -0.15) is 4.98 Å². The molecule has 3 aromatic carbocycles. The molecular formula is C24H17FN4O3S. The second kappa shape index (κ2) is 8.87. The molecule has 0 aliphatic carbocycles. The lowest BCUT2D eigenvalue weighted by molar-refractivity contribution is 0.0696. The number of halogens is 1. The maximum absolute atomic E-state index is 14.0. The van der Waals surface area contributed by atoms with Gasteiger partial charge in [-0.1, -0.05) is 60.3 Å². The van der Waals surface area contributed by atoms with Gasteiger partial charge < -0.3 is 15.2 Å². The Balaban J connectivity index is 1.48. The van der Waals surface area contributed by atoms with Crippen molar-refractivity contribution in [3.8, 4) is 17.1 Å². The lowest BCUT2D eigenvalue weighted by Crippen LogP contribution is -2.17. The highest BCUT2D eigenvalue weighted by atomic mass is 32.2. The van der Waals surface area contributed by atoms with Crippen LogP contribution in [0.15, 0.2) is 78.0 Å². The Morgan fingerprint density at radius 3 is 2.58 bits per heavy atom. The molecule has 0 bridgehead atoms. The molecule has 0 amide bonds. The fraction of sp³-hybridized carbons (Fsp3) is 0.0833. The third kappa shape index (κ3) is 4.35. The van der Waals surface area contributed by atoms with Gasteiger partial charge in [0, 0.05) is 22.6 Å². The lowest BCUT2D eigenvalue weighted by atomic mass is 10.1. The molecule has 7 nitrogen and oxygen atoms in total. The van der Waals surface area contributed by atoms with Gasteiger partial charge in [-0.05, 0) is 29.8 Å². The molecule has 5 rings (SSSR count). The van der Waals surface area contributed by atoms with E-state index in [1.165, 1.54) is 30.0 Å². The first-order valence-electron chi connectivity index (χ1n) is 10.1. The zero-order valence-corrected chi connectivity index (χ0v) is 17.9. The van der Waals surface area contributed by atoms with Gasteiger partial charge in [0.25, 0.3) is 0 Å². The summed E-state index contributed by atoms with van der Waals surface area (Å²) in [5.41, 5.74) is 3.50. The number of aromatic carboxylic acids is 1. The summed E-state index contributed by atoms with van der Waals surface area (Å²) in [5.74, 6) is -0.652. The molecular weight excluding hydrogens is 443 g/mol. The van der Waals surface area contributed by atoms with Gasteiger partial charge in [-0.3, -0.25) is 0 Å². The number of benzene rings is 3. The molecule has 1 aliphatic heterocycles. The Morgan fingerprint density at radius 2 is 1.79 bits per heavy atom.